The zero-order valence-electron chi connectivity index (χ0n) is 11.1. The maximum Gasteiger partial charge on any atom is 0.335 e. The molecule has 1 aromatic rings. The number of carbonyl (C=O) groups excluding carboxylic acids is 1. The van der Waals surface area contributed by atoms with Crippen LogP contribution in [0.5, 0.6) is 0 Å². The molecule has 0 bridgehead atoms. The molecule has 0 unspecified atom stereocenters. The van der Waals surface area contributed by atoms with Crippen molar-refractivity contribution >= 4 is 27.6 Å². The first-order valence-electron chi connectivity index (χ1n) is 6.22. The Morgan fingerprint density at radius 3 is 2.67 bits per heavy atom. The zero-order valence-corrected chi connectivity index (χ0v) is 11.9. The number of aromatic carboxylic acids is 1. The first-order valence-corrected chi connectivity index (χ1v) is 7.66. The number of carboxylic acids is 1. The average Bonchev–Trinajstić information content (AvgIpc) is 2.63. The average molecular weight is 313 g/mol. The molecule has 0 aliphatic carbocycles. The fourth-order valence-corrected chi connectivity index (χ4v) is 3.58. The summed E-state index contributed by atoms with van der Waals surface area (Å²) in [6.07, 6.45) is 0.0757. The monoisotopic (exact) mass is 313 g/mol. The highest BCUT2D eigenvalue weighted by Gasteiger charge is 2.28. The Balaban J connectivity index is 2.35. The van der Waals surface area contributed by atoms with Crippen LogP contribution in [0.4, 0.5) is 5.69 Å². The zero-order chi connectivity index (χ0) is 15.6. The van der Waals surface area contributed by atoms with Crippen LogP contribution in [-0.2, 0) is 14.8 Å². The fourth-order valence-electron chi connectivity index (χ4n) is 2.04. The highest BCUT2D eigenvalue weighted by molar-refractivity contribution is 7.89. The van der Waals surface area contributed by atoms with Crippen LogP contribution in [0.3, 0.4) is 0 Å². The van der Waals surface area contributed by atoms with E-state index in [-0.39, 0.29) is 48.1 Å². The van der Waals surface area contributed by atoms with E-state index in [1.54, 1.807) is 0 Å². The van der Waals surface area contributed by atoms with Gasteiger partial charge in [-0.25, -0.2) is 13.2 Å². The number of nitrogens with two attached hydrogens (primary N) is 1. The first kappa shape index (κ1) is 15.3. The molecule has 0 atom stereocenters. The molecule has 1 amide bonds. The maximum atomic E-state index is 12.5. The van der Waals surface area contributed by atoms with Gasteiger partial charge in [-0.15, -0.1) is 0 Å². The van der Waals surface area contributed by atoms with Gasteiger partial charge in [0, 0.05) is 26.1 Å². The van der Waals surface area contributed by atoms with Crippen LogP contribution in [0.2, 0.25) is 0 Å². The summed E-state index contributed by atoms with van der Waals surface area (Å²) in [7, 11) is -3.86. The van der Waals surface area contributed by atoms with E-state index in [4.69, 9.17) is 10.8 Å². The molecule has 4 N–H and O–H groups in total. The lowest BCUT2D eigenvalue weighted by atomic mass is 10.2. The van der Waals surface area contributed by atoms with Crippen LogP contribution in [0, 0.1) is 0 Å². The van der Waals surface area contributed by atoms with Crippen molar-refractivity contribution < 1.29 is 23.1 Å². The summed E-state index contributed by atoms with van der Waals surface area (Å²) in [5, 5.41) is 11.4. The number of benzene rings is 1. The number of nitrogen functional groups attached to an aromatic ring is 1. The topological polar surface area (TPSA) is 130 Å². The predicted molar refractivity (Wildman–Crippen MR) is 74.2 cm³/mol. The molecule has 1 aliphatic rings. The Morgan fingerprint density at radius 1 is 1.33 bits per heavy atom. The van der Waals surface area contributed by atoms with Crippen molar-refractivity contribution in [3.63, 3.8) is 0 Å². The minimum absolute atomic E-state index is 0.0638. The highest BCUT2D eigenvalue weighted by atomic mass is 32.2. The van der Waals surface area contributed by atoms with Crippen molar-refractivity contribution in [3.8, 4) is 0 Å². The smallest absolute Gasteiger partial charge is 0.335 e. The minimum atomic E-state index is -3.86. The second kappa shape index (κ2) is 5.70. The standard InChI is InChI=1S/C12H15N3O5S/c13-9-7-8(12(17)18)1-2-10(9)21(19,20)15-5-3-11(16)14-4-6-15/h1-2,7H,3-6,13H2,(H,14,16)(H,17,18). The predicted octanol–water partition coefficient (Wildman–Crippen LogP) is -0.522. The second-order valence-corrected chi connectivity index (χ2v) is 6.47. The lowest BCUT2D eigenvalue weighted by Gasteiger charge is -2.20. The maximum absolute atomic E-state index is 12.5. The Bertz CT molecular complexity index is 686. The molecule has 0 radical (unpaired) electrons. The Labute approximate surface area is 121 Å². The molecule has 2 rings (SSSR count). The summed E-state index contributed by atoms with van der Waals surface area (Å²) in [6, 6.07) is 3.47. The van der Waals surface area contributed by atoms with Crippen LogP contribution in [0.15, 0.2) is 23.1 Å². The summed E-state index contributed by atoms with van der Waals surface area (Å²) in [4.78, 5) is 21.9. The van der Waals surface area contributed by atoms with Gasteiger partial charge in [-0.3, -0.25) is 4.79 Å². The van der Waals surface area contributed by atoms with E-state index in [0.717, 1.165) is 10.4 Å². The molecule has 0 saturated carbocycles. The van der Waals surface area contributed by atoms with Gasteiger partial charge in [0.05, 0.1) is 11.3 Å². The number of hydrogen-bond donors (Lipinski definition) is 3. The number of nitrogens with zero attached hydrogens (tertiary/aromatic N) is 1. The number of nitrogens with one attached hydrogen (secondary N) is 1. The molecule has 1 aliphatic heterocycles. The van der Waals surface area contributed by atoms with Crippen molar-refractivity contribution in [1.29, 1.82) is 0 Å². The second-order valence-electron chi connectivity index (χ2n) is 4.56. The number of carbonyl (C=O) groups is 2. The van der Waals surface area contributed by atoms with E-state index in [1.165, 1.54) is 12.1 Å². The Hall–Kier alpha value is -2.13. The van der Waals surface area contributed by atoms with Crippen molar-refractivity contribution in [2.24, 2.45) is 0 Å². The Kier molecular flexibility index (Phi) is 4.14. The molecule has 1 heterocycles. The number of sulfonamides is 1. The minimum Gasteiger partial charge on any atom is -0.478 e. The van der Waals surface area contributed by atoms with Gasteiger partial charge in [-0.05, 0) is 18.2 Å². The largest absolute Gasteiger partial charge is 0.478 e. The molecule has 114 valence electrons. The van der Waals surface area contributed by atoms with Gasteiger partial charge in [0.15, 0.2) is 0 Å². The van der Waals surface area contributed by atoms with Crippen LogP contribution in [-0.4, -0.2) is 49.3 Å². The normalized spacial score (nSPS) is 17.0. The molecule has 0 aromatic heterocycles. The Morgan fingerprint density at radius 2 is 2.05 bits per heavy atom. The number of carboxylic acid groups (broad SMARTS) is 1. The summed E-state index contributed by atoms with van der Waals surface area (Å²) in [5.74, 6) is -1.39. The van der Waals surface area contributed by atoms with E-state index < -0.39 is 16.0 Å². The van der Waals surface area contributed by atoms with Gasteiger partial charge in [0.2, 0.25) is 15.9 Å². The number of rotatable bonds is 3. The summed E-state index contributed by atoms with van der Waals surface area (Å²) < 4.78 is 26.2. The number of anilines is 1. The molecule has 1 fully saturated rings. The van der Waals surface area contributed by atoms with E-state index in [0.29, 0.717) is 0 Å². The van der Waals surface area contributed by atoms with Crippen molar-refractivity contribution in [3.05, 3.63) is 23.8 Å². The van der Waals surface area contributed by atoms with Crippen LogP contribution < -0.4 is 11.1 Å². The molecule has 8 nitrogen and oxygen atoms in total. The summed E-state index contributed by atoms with van der Waals surface area (Å²) in [6.45, 7) is 0.438. The SMILES string of the molecule is Nc1cc(C(=O)O)ccc1S(=O)(=O)N1CCNC(=O)CC1. The quantitative estimate of drug-likeness (QED) is 0.644. The molecule has 9 heteroatoms. The molecule has 1 aromatic carbocycles. The third kappa shape index (κ3) is 3.14. The summed E-state index contributed by atoms with van der Waals surface area (Å²) >= 11 is 0. The van der Waals surface area contributed by atoms with Gasteiger partial charge < -0.3 is 16.2 Å². The molecular formula is C12H15N3O5S. The molecular weight excluding hydrogens is 298 g/mol. The number of hydrogen-bond acceptors (Lipinski definition) is 5. The van der Waals surface area contributed by atoms with Gasteiger partial charge in [0.1, 0.15) is 4.90 Å². The highest BCUT2D eigenvalue weighted by Crippen LogP contribution is 2.24. The van der Waals surface area contributed by atoms with Crippen molar-refractivity contribution in [2.75, 3.05) is 25.4 Å². The van der Waals surface area contributed by atoms with Crippen molar-refractivity contribution in [2.45, 2.75) is 11.3 Å². The lowest BCUT2D eigenvalue weighted by molar-refractivity contribution is -0.120. The van der Waals surface area contributed by atoms with E-state index >= 15 is 0 Å². The summed E-state index contributed by atoms with van der Waals surface area (Å²) in [5.41, 5.74) is 5.46. The third-order valence-corrected chi connectivity index (χ3v) is 5.12. The van der Waals surface area contributed by atoms with Crippen LogP contribution in [0.1, 0.15) is 16.8 Å². The number of amides is 1. The van der Waals surface area contributed by atoms with E-state index in [2.05, 4.69) is 5.32 Å². The van der Waals surface area contributed by atoms with Gasteiger partial charge in [0.25, 0.3) is 0 Å². The van der Waals surface area contributed by atoms with Crippen LogP contribution in [0.25, 0.3) is 0 Å². The first-order chi connectivity index (χ1) is 9.82. The van der Waals surface area contributed by atoms with Crippen molar-refractivity contribution in [1.82, 2.24) is 9.62 Å². The van der Waals surface area contributed by atoms with E-state index in [1.807, 2.05) is 0 Å². The van der Waals surface area contributed by atoms with Gasteiger partial charge in [-0.1, -0.05) is 0 Å². The van der Waals surface area contributed by atoms with E-state index in [9.17, 15) is 18.0 Å². The van der Waals surface area contributed by atoms with Gasteiger partial charge in [-0.2, -0.15) is 4.31 Å². The molecule has 0 spiro atoms. The van der Waals surface area contributed by atoms with Gasteiger partial charge >= 0.3 is 5.97 Å². The third-order valence-electron chi connectivity index (χ3n) is 3.15. The molecule has 21 heavy (non-hydrogen) atoms. The fraction of sp³-hybridized carbons (Fsp3) is 0.333. The van der Waals surface area contributed by atoms with Crippen LogP contribution >= 0.6 is 0 Å². The lowest BCUT2D eigenvalue weighted by Crippen LogP contribution is -2.34. The molecule has 1 saturated heterocycles.